The molecule has 1 aliphatic heterocycles. The van der Waals surface area contributed by atoms with E-state index in [-0.39, 0.29) is 5.97 Å². The summed E-state index contributed by atoms with van der Waals surface area (Å²) in [6, 6.07) is 0.885. The van der Waals surface area contributed by atoms with E-state index in [9.17, 15) is 4.79 Å². The first kappa shape index (κ1) is 10.9. The molecule has 0 N–H and O–H groups in total. The van der Waals surface area contributed by atoms with Crippen molar-refractivity contribution in [2.24, 2.45) is 5.92 Å². The first-order chi connectivity index (χ1) is 7.29. The van der Waals surface area contributed by atoms with Crippen LogP contribution in [-0.4, -0.2) is 50.3 Å². The molecule has 0 aromatic heterocycles. The molecular formula is C11H19NO3. The van der Waals surface area contributed by atoms with Gasteiger partial charge in [-0.3, -0.25) is 9.69 Å². The Morgan fingerprint density at radius 2 is 2.13 bits per heavy atom. The number of carbonyl (C=O) groups is 1. The molecule has 0 atom stereocenters. The number of nitrogens with zero attached hydrogens (tertiary/aromatic N) is 1. The van der Waals surface area contributed by atoms with E-state index in [1.165, 1.54) is 33.0 Å². The van der Waals surface area contributed by atoms with Crippen LogP contribution in [0.1, 0.15) is 19.3 Å². The first-order valence-corrected chi connectivity index (χ1v) is 5.68. The van der Waals surface area contributed by atoms with Crippen LogP contribution in [-0.2, 0) is 14.3 Å². The lowest BCUT2D eigenvalue weighted by Crippen LogP contribution is -2.49. The molecule has 4 nitrogen and oxygen atoms in total. The quantitative estimate of drug-likeness (QED) is 0.480. The molecule has 0 unspecified atom stereocenters. The maximum atomic E-state index is 10.8. The van der Waals surface area contributed by atoms with Crippen molar-refractivity contribution in [3.05, 3.63) is 0 Å². The number of ether oxygens (including phenoxy) is 2. The van der Waals surface area contributed by atoms with Gasteiger partial charge in [0.25, 0.3) is 0 Å². The lowest BCUT2D eigenvalue weighted by molar-refractivity contribution is -0.142. The zero-order valence-electron chi connectivity index (χ0n) is 9.28. The monoisotopic (exact) mass is 213 g/mol. The third-order valence-electron chi connectivity index (χ3n) is 3.08. The van der Waals surface area contributed by atoms with Gasteiger partial charge in [0.15, 0.2) is 0 Å². The molecule has 0 spiro atoms. The summed E-state index contributed by atoms with van der Waals surface area (Å²) in [5.74, 6) is 0.492. The van der Waals surface area contributed by atoms with Crippen molar-refractivity contribution in [2.75, 3.05) is 33.4 Å². The van der Waals surface area contributed by atoms with Crippen molar-refractivity contribution in [1.82, 2.24) is 4.90 Å². The average Bonchev–Trinajstić information content (AvgIpc) is 2.97. The van der Waals surface area contributed by atoms with Crippen LogP contribution in [0.4, 0.5) is 0 Å². The van der Waals surface area contributed by atoms with Crippen molar-refractivity contribution in [3.8, 4) is 0 Å². The Labute approximate surface area is 90.5 Å². The molecular weight excluding hydrogens is 194 g/mol. The van der Waals surface area contributed by atoms with Crippen LogP contribution in [0, 0.1) is 5.92 Å². The Kier molecular flexibility index (Phi) is 3.59. The van der Waals surface area contributed by atoms with E-state index in [1.807, 2.05) is 0 Å². The number of likely N-dealkylation sites (tertiary alicyclic amines) is 1. The zero-order valence-corrected chi connectivity index (χ0v) is 9.28. The summed E-state index contributed by atoms with van der Waals surface area (Å²) in [5, 5.41) is 0. The van der Waals surface area contributed by atoms with Gasteiger partial charge in [0.2, 0.25) is 0 Å². The molecule has 1 aliphatic carbocycles. The highest BCUT2D eigenvalue weighted by atomic mass is 16.5. The molecule has 2 rings (SSSR count). The summed E-state index contributed by atoms with van der Waals surface area (Å²) in [4.78, 5) is 13.3. The van der Waals surface area contributed by atoms with E-state index in [1.54, 1.807) is 0 Å². The summed E-state index contributed by atoms with van der Waals surface area (Å²) in [5.41, 5.74) is 0. The molecule has 1 saturated carbocycles. The topological polar surface area (TPSA) is 38.8 Å². The molecule has 4 heteroatoms. The number of esters is 1. The highest BCUT2D eigenvalue weighted by Gasteiger charge is 2.37. The molecule has 1 heterocycles. The van der Waals surface area contributed by atoms with Crippen molar-refractivity contribution in [1.29, 1.82) is 0 Å². The number of hydrogen-bond donors (Lipinski definition) is 0. The van der Waals surface area contributed by atoms with Crippen molar-refractivity contribution < 1.29 is 14.3 Å². The van der Waals surface area contributed by atoms with Gasteiger partial charge in [-0.25, -0.2) is 0 Å². The van der Waals surface area contributed by atoms with Crippen LogP contribution in [0.15, 0.2) is 0 Å². The minimum absolute atomic E-state index is 0.191. The van der Waals surface area contributed by atoms with Gasteiger partial charge in [-0.1, -0.05) is 0 Å². The van der Waals surface area contributed by atoms with E-state index < -0.39 is 0 Å². The van der Waals surface area contributed by atoms with Gasteiger partial charge >= 0.3 is 5.97 Å². The van der Waals surface area contributed by atoms with Gasteiger partial charge in [-0.05, 0) is 12.8 Å². The lowest BCUT2D eigenvalue weighted by Gasteiger charge is -2.39. The van der Waals surface area contributed by atoms with Crippen molar-refractivity contribution in [2.45, 2.75) is 25.3 Å². The van der Waals surface area contributed by atoms with Crippen LogP contribution in [0.2, 0.25) is 0 Å². The molecule has 15 heavy (non-hydrogen) atoms. The van der Waals surface area contributed by atoms with E-state index in [4.69, 9.17) is 4.74 Å². The molecule has 86 valence electrons. The van der Waals surface area contributed by atoms with Crippen LogP contribution < -0.4 is 0 Å². The average molecular weight is 213 g/mol. The number of methoxy groups -OCH3 is 1. The van der Waals surface area contributed by atoms with Gasteiger partial charge in [-0.2, -0.15) is 0 Å². The molecule has 0 radical (unpaired) electrons. The van der Waals surface area contributed by atoms with Crippen LogP contribution in [0.5, 0.6) is 0 Å². The predicted molar refractivity (Wildman–Crippen MR) is 55.5 cm³/mol. The minimum atomic E-state index is -0.191. The molecule has 0 amide bonds. The summed E-state index contributed by atoms with van der Waals surface area (Å²) in [6.07, 6.45) is 3.14. The van der Waals surface area contributed by atoms with E-state index >= 15 is 0 Å². The number of rotatable bonds is 6. The van der Waals surface area contributed by atoms with Gasteiger partial charge < -0.3 is 9.47 Å². The van der Waals surface area contributed by atoms with Crippen molar-refractivity contribution in [3.63, 3.8) is 0 Å². The van der Waals surface area contributed by atoms with Gasteiger partial charge in [0.05, 0.1) is 26.7 Å². The fourth-order valence-corrected chi connectivity index (χ4v) is 1.96. The van der Waals surface area contributed by atoms with E-state index in [0.717, 1.165) is 12.6 Å². The molecule has 2 fully saturated rings. The Bertz CT molecular complexity index is 222. The summed E-state index contributed by atoms with van der Waals surface area (Å²) >= 11 is 0. The third-order valence-corrected chi connectivity index (χ3v) is 3.08. The van der Waals surface area contributed by atoms with Gasteiger partial charge in [0, 0.05) is 25.0 Å². The maximum Gasteiger partial charge on any atom is 0.307 e. The standard InChI is InChI=1S/C11H19NO3/c1-14-11(13)4-5-15-8-9-6-12(7-9)10-2-3-10/h9-10H,2-8H2,1H3. The largest absolute Gasteiger partial charge is 0.469 e. The second-order valence-corrected chi connectivity index (χ2v) is 4.45. The van der Waals surface area contributed by atoms with E-state index in [2.05, 4.69) is 9.64 Å². The van der Waals surface area contributed by atoms with E-state index in [0.29, 0.717) is 18.9 Å². The molecule has 1 saturated heterocycles. The highest BCUT2D eigenvalue weighted by molar-refractivity contribution is 5.69. The second-order valence-electron chi connectivity index (χ2n) is 4.45. The summed E-state index contributed by atoms with van der Waals surface area (Å²) in [6.45, 7) is 3.65. The fraction of sp³-hybridized carbons (Fsp3) is 0.909. The summed E-state index contributed by atoms with van der Waals surface area (Å²) < 4.78 is 9.96. The minimum Gasteiger partial charge on any atom is -0.469 e. The maximum absolute atomic E-state index is 10.8. The van der Waals surface area contributed by atoms with Gasteiger partial charge in [-0.15, -0.1) is 0 Å². The van der Waals surface area contributed by atoms with Crippen LogP contribution >= 0.6 is 0 Å². The molecule has 0 aromatic carbocycles. The fourth-order valence-electron chi connectivity index (χ4n) is 1.96. The Balaban J connectivity index is 1.44. The molecule has 2 aliphatic rings. The predicted octanol–water partition coefficient (Wildman–Crippen LogP) is 0.660. The summed E-state index contributed by atoms with van der Waals surface area (Å²) in [7, 11) is 1.40. The normalized spacial score (nSPS) is 22.5. The zero-order chi connectivity index (χ0) is 10.7. The lowest BCUT2D eigenvalue weighted by atomic mass is 10.0. The van der Waals surface area contributed by atoms with Crippen LogP contribution in [0.25, 0.3) is 0 Å². The Hall–Kier alpha value is -0.610. The Morgan fingerprint density at radius 3 is 2.73 bits per heavy atom. The highest BCUT2D eigenvalue weighted by Crippen LogP contribution is 2.32. The number of hydrogen-bond acceptors (Lipinski definition) is 4. The third kappa shape index (κ3) is 3.18. The Morgan fingerprint density at radius 1 is 1.40 bits per heavy atom. The van der Waals surface area contributed by atoms with Gasteiger partial charge in [0.1, 0.15) is 0 Å². The van der Waals surface area contributed by atoms with Crippen molar-refractivity contribution >= 4 is 5.97 Å². The second kappa shape index (κ2) is 4.94. The number of carbonyl (C=O) groups excluding carboxylic acids is 1. The first-order valence-electron chi connectivity index (χ1n) is 5.68. The molecule has 0 aromatic rings. The van der Waals surface area contributed by atoms with Crippen LogP contribution in [0.3, 0.4) is 0 Å². The SMILES string of the molecule is COC(=O)CCOCC1CN(C2CC2)C1. The molecule has 0 bridgehead atoms. The smallest absolute Gasteiger partial charge is 0.307 e.